The standard InChI is InChI=1S/C18H12F3N3S/c1-10-6-7-14(25-10)12-8-9-22-17-15(12)16(23-24-17)11-4-2-3-5-13(11)18(19,20)21/h2-9H,1H3,(H,22,23,24). The van der Waals surface area contributed by atoms with E-state index in [1.165, 1.54) is 12.1 Å². The number of fused-ring (bicyclic) bond motifs is 1. The molecule has 3 aromatic heterocycles. The van der Waals surface area contributed by atoms with Crippen LogP contribution in [0.2, 0.25) is 0 Å². The molecule has 0 aliphatic carbocycles. The summed E-state index contributed by atoms with van der Waals surface area (Å²) in [6, 6.07) is 11.2. The normalized spacial score (nSPS) is 12.0. The first-order chi connectivity index (χ1) is 11.9. The monoisotopic (exact) mass is 359 g/mol. The fraction of sp³-hybridized carbons (Fsp3) is 0.111. The first kappa shape index (κ1) is 15.8. The molecule has 1 N–H and O–H groups in total. The van der Waals surface area contributed by atoms with E-state index < -0.39 is 11.7 Å². The van der Waals surface area contributed by atoms with Crippen LogP contribution in [0.3, 0.4) is 0 Å². The number of thiophene rings is 1. The van der Waals surface area contributed by atoms with Gasteiger partial charge in [0.25, 0.3) is 0 Å². The van der Waals surface area contributed by atoms with E-state index in [2.05, 4.69) is 15.2 Å². The molecule has 126 valence electrons. The Morgan fingerprint density at radius 2 is 1.80 bits per heavy atom. The molecule has 0 bridgehead atoms. The Morgan fingerprint density at radius 1 is 1.00 bits per heavy atom. The van der Waals surface area contributed by atoms with Gasteiger partial charge in [0, 0.05) is 27.1 Å². The Kier molecular flexibility index (Phi) is 3.61. The van der Waals surface area contributed by atoms with Crippen LogP contribution >= 0.6 is 11.3 Å². The molecule has 0 fully saturated rings. The number of H-pyrrole nitrogens is 1. The lowest BCUT2D eigenvalue weighted by Gasteiger charge is -2.12. The average Bonchev–Trinajstić information content (AvgIpc) is 3.20. The number of rotatable bonds is 2. The highest BCUT2D eigenvalue weighted by molar-refractivity contribution is 7.15. The van der Waals surface area contributed by atoms with E-state index in [-0.39, 0.29) is 5.56 Å². The summed E-state index contributed by atoms with van der Waals surface area (Å²) in [4.78, 5) is 6.29. The number of hydrogen-bond acceptors (Lipinski definition) is 3. The first-order valence-corrected chi connectivity index (χ1v) is 8.33. The van der Waals surface area contributed by atoms with Gasteiger partial charge in [-0.3, -0.25) is 5.10 Å². The lowest BCUT2D eigenvalue weighted by molar-refractivity contribution is -0.137. The zero-order valence-electron chi connectivity index (χ0n) is 13.1. The Hall–Kier alpha value is -2.67. The maximum Gasteiger partial charge on any atom is 0.417 e. The number of alkyl halides is 3. The van der Waals surface area contributed by atoms with Gasteiger partial charge in [-0.15, -0.1) is 11.3 Å². The van der Waals surface area contributed by atoms with E-state index in [0.717, 1.165) is 21.4 Å². The van der Waals surface area contributed by atoms with Crippen molar-refractivity contribution in [3.63, 3.8) is 0 Å². The number of aromatic amines is 1. The number of aromatic nitrogens is 3. The summed E-state index contributed by atoms with van der Waals surface area (Å²) >= 11 is 1.58. The van der Waals surface area contributed by atoms with Crippen molar-refractivity contribution in [2.45, 2.75) is 13.1 Å². The number of benzene rings is 1. The van der Waals surface area contributed by atoms with Gasteiger partial charge in [-0.05, 0) is 31.2 Å². The second-order valence-electron chi connectivity index (χ2n) is 5.61. The second kappa shape index (κ2) is 5.70. The van der Waals surface area contributed by atoms with Crippen molar-refractivity contribution >= 4 is 22.4 Å². The van der Waals surface area contributed by atoms with Gasteiger partial charge >= 0.3 is 6.18 Å². The molecule has 0 saturated heterocycles. The zero-order chi connectivity index (χ0) is 17.6. The van der Waals surface area contributed by atoms with E-state index in [4.69, 9.17) is 0 Å². The smallest absolute Gasteiger partial charge is 0.275 e. The highest BCUT2D eigenvalue weighted by Crippen LogP contribution is 2.41. The predicted octanol–water partition coefficient (Wildman–Crippen LogP) is 5.68. The number of pyridine rings is 1. The lowest BCUT2D eigenvalue weighted by Crippen LogP contribution is -2.07. The van der Waals surface area contributed by atoms with Gasteiger partial charge in [0.1, 0.15) is 0 Å². The minimum Gasteiger partial charge on any atom is -0.275 e. The van der Waals surface area contributed by atoms with Crippen LogP contribution in [0.5, 0.6) is 0 Å². The third-order valence-electron chi connectivity index (χ3n) is 3.96. The highest BCUT2D eigenvalue weighted by Gasteiger charge is 2.34. The molecule has 0 aliphatic heterocycles. The van der Waals surface area contributed by atoms with Crippen LogP contribution in [0.1, 0.15) is 10.4 Å². The van der Waals surface area contributed by atoms with E-state index in [9.17, 15) is 13.2 Å². The lowest BCUT2D eigenvalue weighted by atomic mass is 9.99. The van der Waals surface area contributed by atoms with Crippen molar-refractivity contribution in [1.29, 1.82) is 0 Å². The van der Waals surface area contributed by atoms with Gasteiger partial charge in [0.2, 0.25) is 0 Å². The molecule has 3 heterocycles. The molecular formula is C18H12F3N3S. The van der Waals surface area contributed by atoms with Gasteiger partial charge in [-0.2, -0.15) is 18.3 Å². The van der Waals surface area contributed by atoms with Gasteiger partial charge in [-0.1, -0.05) is 18.2 Å². The van der Waals surface area contributed by atoms with Crippen LogP contribution in [-0.2, 0) is 6.18 Å². The molecule has 0 saturated carbocycles. The van der Waals surface area contributed by atoms with E-state index in [1.807, 2.05) is 25.1 Å². The molecule has 25 heavy (non-hydrogen) atoms. The minimum atomic E-state index is -4.45. The summed E-state index contributed by atoms with van der Waals surface area (Å²) in [5, 5.41) is 7.46. The first-order valence-electron chi connectivity index (χ1n) is 7.51. The fourth-order valence-electron chi connectivity index (χ4n) is 2.87. The summed E-state index contributed by atoms with van der Waals surface area (Å²) < 4.78 is 40.3. The number of aryl methyl sites for hydroxylation is 1. The summed E-state index contributed by atoms with van der Waals surface area (Å²) in [6.07, 6.45) is -2.83. The molecule has 0 unspecified atom stereocenters. The Labute approximate surface area is 145 Å². The summed E-state index contributed by atoms with van der Waals surface area (Å²) in [5.41, 5.74) is 0.925. The van der Waals surface area contributed by atoms with Crippen molar-refractivity contribution in [2.75, 3.05) is 0 Å². The van der Waals surface area contributed by atoms with Crippen LogP contribution in [0.25, 0.3) is 32.7 Å². The third-order valence-corrected chi connectivity index (χ3v) is 5.00. The third kappa shape index (κ3) is 2.70. The number of halogens is 3. The van der Waals surface area contributed by atoms with Crippen molar-refractivity contribution in [3.8, 4) is 21.7 Å². The Morgan fingerprint density at radius 3 is 2.52 bits per heavy atom. The van der Waals surface area contributed by atoms with Crippen molar-refractivity contribution in [1.82, 2.24) is 15.2 Å². The van der Waals surface area contributed by atoms with Crippen LogP contribution < -0.4 is 0 Å². The maximum atomic E-state index is 13.4. The fourth-order valence-corrected chi connectivity index (χ4v) is 3.77. The van der Waals surface area contributed by atoms with E-state index in [0.29, 0.717) is 16.7 Å². The molecule has 0 aliphatic rings. The SMILES string of the molecule is Cc1ccc(-c2ccnc3n[nH]c(-c4ccccc4C(F)(F)F)c23)s1. The van der Waals surface area contributed by atoms with Crippen molar-refractivity contribution in [2.24, 2.45) is 0 Å². The van der Waals surface area contributed by atoms with Crippen LogP contribution in [0.4, 0.5) is 13.2 Å². The van der Waals surface area contributed by atoms with Gasteiger partial charge < -0.3 is 0 Å². The molecular weight excluding hydrogens is 347 g/mol. The molecule has 0 radical (unpaired) electrons. The summed E-state index contributed by atoms with van der Waals surface area (Å²) in [5.74, 6) is 0. The topological polar surface area (TPSA) is 41.6 Å². The molecule has 4 aromatic rings. The quantitative estimate of drug-likeness (QED) is 0.500. The van der Waals surface area contributed by atoms with Gasteiger partial charge in [0.15, 0.2) is 5.65 Å². The van der Waals surface area contributed by atoms with Crippen LogP contribution in [0.15, 0.2) is 48.7 Å². The number of nitrogens with zero attached hydrogens (tertiary/aromatic N) is 2. The van der Waals surface area contributed by atoms with Gasteiger partial charge in [0.05, 0.1) is 16.6 Å². The molecule has 0 spiro atoms. The Bertz CT molecular complexity index is 1060. The predicted molar refractivity (Wildman–Crippen MR) is 92.4 cm³/mol. The molecule has 7 heteroatoms. The zero-order valence-corrected chi connectivity index (χ0v) is 13.9. The van der Waals surface area contributed by atoms with E-state index >= 15 is 0 Å². The summed E-state index contributed by atoms with van der Waals surface area (Å²) in [7, 11) is 0. The van der Waals surface area contributed by atoms with Crippen molar-refractivity contribution < 1.29 is 13.2 Å². The molecule has 4 rings (SSSR count). The molecule has 3 nitrogen and oxygen atoms in total. The van der Waals surface area contributed by atoms with Crippen molar-refractivity contribution in [3.05, 3.63) is 59.1 Å². The minimum absolute atomic E-state index is 0.0695. The summed E-state index contributed by atoms with van der Waals surface area (Å²) in [6.45, 7) is 1.99. The number of nitrogens with one attached hydrogen (secondary N) is 1. The van der Waals surface area contributed by atoms with Crippen LogP contribution in [0, 0.1) is 6.92 Å². The van der Waals surface area contributed by atoms with E-state index in [1.54, 1.807) is 23.6 Å². The van der Waals surface area contributed by atoms with Gasteiger partial charge in [-0.25, -0.2) is 4.98 Å². The molecule has 1 aromatic carbocycles. The average molecular weight is 359 g/mol. The second-order valence-corrected chi connectivity index (χ2v) is 6.90. The Balaban J connectivity index is 2.02. The highest BCUT2D eigenvalue weighted by atomic mass is 32.1. The molecule has 0 amide bonds. The van der Waals surface area contributed by atoms with Crippen LogP contribution in [-0.4, -0.2) is 15.2 Å². The number of hydrogen-bond donors (Lipinski definition) is 1. The maximum absolute atomic E-state index is 13.4. The largest absolute Gasteiger partial charge is 0.417 e. The molecule has 0 atom stereocenters.